The molecule has 0 fully saturated rings. The molecular weight excluding hydrogens is 250 g/mol. The zero-order valence-electron chi connectivity index (χ0n) is 11.9. The first-order valence-corrected chi connectivity index (χ1v) is 7.66. The third kappa shape index (κ3) is 3.54. The molecule has 0 aromatic heterocycles. The second-order valence-corrected chi connectivity index (χ2v) is 5.61. The summed E-state index contributed by atoms with van der Waals surface area (Å²) in [4.78, 5) is 0. The smallest absolute Gasteiger partial charge is 0.161 e. The van der Waals surface area contributed by atoms with Crippen LogP contribution in [-0.4, -0.2) is 19.8 Å². The third-order valence-electron chi connectivity index (χ3n) is 3.95. The Labute approximate surface area is 121 Å². The standard InChI is InChI=1S/C17H23NO2/c1-2-5-14(6-3-1)12-18-13-15-7-8-16-17(11-15)20-10-4-9-19-16/h1-2,7-8,11,14,18H,3-6,9-10,12-13H2. The van der Waals surface area contributed by atoms with E-state index in [0.717, 1.165) is 50.1 Å². The second kappa shape index (κ2) is 6.80. The molecule has 0 spiro atoms. The Morgan fingerprint density at radius 3 is 2.85 bits per heavy atom. The Hall–Kier alpha value is -1.48. The maximum Gasteiger partial charge on any atom is 0.161 e. The van der Waals surface area contributed by atoms with Crippen molar-refractivity contribution in [1.82, 2.24) is 5.32 Å². The van der Waals surface area contributed by atoms with E-state index in [4.69, 9.17) is 9.47 Å². The van der Waals surface area contributed by atoms with Crippen molar-refractivity contribution in [2.75, 3.05) is 19.8 Å². The number of benzene rings is 1. The lowest BCUT2D eigenvalue weighted by Gasteiger charge is -2.18. The summed E-state index contributed by atoms with van der Waals surface area (Å²) >= 11 is 0. The molecule has 1 unspecified atom stereocenters. The van der Waals surface area contributed by atoms with Gasteiger partial charge in [0.1, 0.15) is 0 Å². The van der Waals surface area contributed by atoms with Crippen molar-refractivity contribution in [1.29, 1.82) is 0 Å². The summed E-state index contributed by atoms with van der Waals surface area (Å²) in [7, 11) is 0. The van der Waals surface area contributed by atoms with Crippen LogP contribution in [-0.2, 0) is 6.54 Å². The summed E-state index contributed by atoms with van der Waals surface area (Å²) < 4.78 is 11.4. The molecule has 3 heteroatoms. The average molecular weight is 273 g/mol. The molecule has 3 rings (SSSR count). The number of rotatable bonds is 4. The van der Waals surface area contributed by atoms with Crippen molar-refractivity contribution in [3.8, 4) is 11.5 Å². The summed E-state index contributed by atoms with van der Waals surface area (Å²) in [5.41, 5.74) is 1.26. The van der Waals surface area contributed by atoms with Crippen LogP contribution in [0.4, 0.5) is 0 Å². The van der Waals surface area contributed by atoms with E-state index < -0.39 is 0 Å². The number of allylic oxidation sites excluding steroid dienone is 2. The van der Waals surface area contributed by atoms with Gasteiger partial charge in [0.15, 0.2) is 11.5 Å². The number of ether oxygens (including phenoxy) is 2. The molecule has 0 radical (unpaired) electrons. The van der Waals surface area contributed by atoms with E-state index in [0.29, 0.717) is 0 Å². The Morgan fingerprint density at radius 1 is 1.10 bits per heavy atom. The highest BCUT2D eigenvalue weighted by molar-refractivity contribution is 5.43. The van der Waals surface area contributed by atoms with Crippen LogP contribution in [0, 0.1) is 5.92 Å². The lowest BCUT2D eigenvalue weighted by molar-refractivity contribution is 0.297. The van der Waals surface area contributed by atoms with Gasteiger partial charge in [0.25, 0.3) is 0 Å². The Morgan fingerprint density at radius 2 is 2.00 bits per heavy atom. The second-order valence-electron chi connectivity index (χ2n) is 5.61. The molecule has 1 aliphatic carbocycles. The highest BCUT2D eigenvalue weighted by Crippen LogP contribution is 2.30. The summed E-state index contributed by atoms with van der Waals surface area (Å²) in [6.45, 7) is 3.49. The number of hydrogen-bond acceptors (Lipinski definition) is 3. The predicted octanol–water partition coefficient (Wildman–Crippen LogP) is 3.29. The summed E-state index contributed by atoms with van der Waals surface area (Å²) in [5, 5.41) is 3.56. The Balaban J connectivity index is 1.52. The molecule has 2 aliphatic rings. The fraction of sp³-hybridized carbons (Fsp3) is 0.529. The molecule has 1 atom stereocenters. The van der Waals surface area contributed by atoms with Gasteiger partial charge in [-0.2, -0.15) is 0 Å². The van der Waals surface area contributed by atoms with Crippen LogP contribution in [0.3, 0.4) is 0 Å². The monoisotopic (exact) mass is 273 g/mol. The van der Waals surface area contributed by atoms with Crippen LogP contribution >= 0.6 is 0 Å². The molecule has 1 N–H and O–H groups in total. The molecule has 0 saturated heterocycles. The summed E-state index contributed by atoms with van der Waals surface area (Å²) in [5.74, 6) is 2.56. The van der Waals surface area contributed by atoms with Crippen molar-refractivity contribution in [2.24, 2.45) is 5.92 Å². The minimum absolute atomic E-state index is 0.748. The van der Waals surface area contributed by atoms with E-state index in [9.17, 15) is 0 Å². The lowest BCUT2D eigenvalue weighted by atomic mass is 9.94. The first-order chi connectivity index (χ1) is 9.92. The largest absolute Gasteiger partial charge is 0.490 e. The lowest BCUT2D eigenvalue weighted by Crippen LogP contribution is -2.23. The quantitative estimate of drug-likeness (QED) is 0.854. The summed E-state index contributed by atoms with van der Waals surface area (Å²) in [6, 6.07) is 6.26. The van der Waals surface area contributed by atoms with Crippen molar-refractivity contribution >= 4 is 0 Å². The molecule has 20 heavy (non-hydrogen) atoms. The van der Waals surface area contributed by atoms with Gasteiger partial charge in [0.05, 0.1) is 13.2 Å². The van der Waals surface area contributed by atoms with E-state index in [1.165, 1.54) is 24.8 Å². The molecule has 1 aromatic rings. The van der Waals surface area contributed by atoms with Gasteiger partial charge in [-0.1, -0.05) is 18.2 Å². The Kier molecular flexibility index (Phi) is 4.59. The van der Waals surface area contributed by atoms with Crippen LogP contribution in [0.5, 0.6) is 11.5 Å². The third-order valence-corrected chi connectivity index (χ3v) is 3.95. The van der Waals surface area contributed by atoms with E-state index in [-0.39, 0.29) is 0 Å². The van der Waals surface area contributed by atoms with E-state index in [1.54, 1.807) is 0 Å². The van der Waals surface area contributed by atoms with Crippen LogP contribution in [0.25, 0.3) is 0 Å². The molecule has 0 saturated carbocycles. The fourth-order valence-electron chi connectivity index (χ4n) is 2.78. The predicted molar refractivity (Wildman–Crippen MR) is 80.2 cm³/mol. The molecule has 0 amide bonds. The minimum atomic E-state index is 0.748. The van der Waals surface area contributed by atoms with Crippen molar-refractivity contribution in [3.05, 3.63) is 35.9 Å². The van der Waals surface area contributed by atoms with Crippen LogP contribution in [0.15, 0.2) is 30.4 Å². The van der Waals surface area contributed by atoms with Gasteiger partial charge in [-0.15, -0.1) is 0 Å². The van der Waals surface area contributed by atoms with Gasteiger partial charge in [-0.05, 0) is 49.4 Å². The van der Waals surface area contributed by atoms with E-state index in [1.807, 2.05) is 6.07 Å². The van der Waals surface area contributed by atoms with Crippen LogP contribution < -0.4 is 14.8 Å². The van der Waals surface area contributed by atoms with Crippen molar-refractivity contribution in [3.63, 3.8) is 0 Å². The zero-order valence-corrected chi connectivity index (χ0v) is 11.9. The van der Waals surface area contributed by atoms with Gasteiger partial charge in [0, 0.05) is 13.0 Å². The average Bonchev–Trinajstić information content (AvgIpc) is 2.73. The molecular formula is C17H23NO2. The minimum Gasteiger partial charge on any atom is -0.490 e. The van der Waals surface area contributed by atoms with Crippen molar-refractivity contribution < 1.29 is 9.47 Å². The molecule has 1 aliphatic heterocycles. The fourth-order valence-corrected chi connectivity index (χ4v) is 2.78. The van der Waals surface area contributed by atoms with Gasteiger partial charge in [-0.3, -0.25) is 0 Å². The summed E-state index contributed by atoms with van der Waals surface area (Å²) in [6.07, 6.45) is 9.32. The number of nitrogens with one attached hydrogen (secondary N) is 1. The van der Waals surface area contributed by atoms with E-state index in [2.05, 4.69) is 29.6 Å². The topological polar surface area (TPSA) is 30.5 Å². The van der Waals surface area contributed by atoms with Crippen molar-refractivity contribution in [2.45, 2.75) is 32.2 Å². The highest BCUT2D eigenvalue weighted by atomic mass is 16.5. The molecule has 108 valence electrons. The maximum absolute atomic E-state index is 5.72. The number of hydrogen-bond donors (Lipinski definition) is 1. The van der Waals surface area contributed by atoms with Gasteiger partial charge in [0.2, 0.25) is 0 Å². The zero-order chi connectivity index (χ0) is 13.6. The first kappa shape index (κ1) is 13.5. The highest BCUT2D eigenvalue weighted by Gasteiger charge is 2.12. The number of fused-ring (bicyclic) bond motifs is 1. The van der Waals surface area contributed by atoms with Gasteiger partial charge in [-0.25, -0.2) is 0 Å². The van der Waals surface area contributed by atoms with Gasteiger partial charge < -0.3 is 14.8 Å². The Bertz CT molecular complexity index is 470. The van der Waals surface area contributed by atoms with E-state index >= 15 is 0 Å². The first-order valence-electron chi connectivity index (χ1n) is 7.66. The van der Waals surface area contributed by atoms with Crippen LogP contribution in [0.2, 0.25) is 0 Å². The molecule has 1 heterocycles. The molecule has 1 aromatic carbocycles. The SMILES string of the molecule is C1=CCC(CNCc2ccc3c(c2)OCCCO3)CC1. The normalized spacial score (nSPS) is 21.5. The molecule has 0 bridgehead atoms. The molecule has 3 nitrogen and oxygen atoms in total. The van der Waals surface area contributed by atoms with Crippen LogP contribution in [0.1, 0.15) is 31.2 Å². The maximum atomic E-state index is 5.72. The van der Waals surface area contributed by atoms with Gasteiger partial charge >= 0.3 is 0 Å².